The monoisotopic (exact) mass is 662 g/mol. The summed E-state index contributed by atoms with van der Waals surface area (Å²) in [4.78, 5) is 36.9. The molecule has 2 atom stereocenters. The number of anilines is 1. The summed E-state index contributed by atoms with van der Waals surface area (Å²) in [5.41, 5.74) is 4.50. The second-order valence-corrected chi connectivity index (χ2v) is 13.0. The van der Waals surface area contributed by atoms with Crippen LogP contribution in [-0.2, 0) is 16.1 Å². The molecule has 3 aromatic carbocycles. The minimum absolute atomic E-state index is 0.0619. The van der Waals surface area contributed by atoms with Crippen LogP contribution in [0.5, 0.6) is 0 Å². The van der Waals surface area contributed by atoms with E-state index in [1.54, 1.807) is 24.3 Å². The van der Waals surface area contributed by atoms with Gasteiger partial charge in [-0.05, 0) is 24.3 Å². The SMILES string of the molecule is NC(=O)c1cn(CC(=O)N2C[C@H](F)C[C@H]2C(=O)Nc2cccc(-c3ccccc3Cl)c2F)c2cc(S(F)(F)(F)(F)F)ccc12. The van der Waals surface area contributed by atoms with Crippen LogP contribution < -0.4 is 11.1 Å². The Morgan fingerprint density at radius 2 is 1.66 bits per heavy atom. The number of hydrogen-bond acceptors (Lipinski definition) is 3. The van der Waals surface area contributed by atoms with Crippen molar-refractivity contribution in [1.82, 2.24) is 9.47 Å². The van der Waals surface area contributed by atoms with Gasteiger partial charge in [0.1, 0.15) is 23.7 Å². The number of amides is 3. The van der Waals surface area contributed by atoms with E-state index >= 15 is 4.39 Å². The molecule has 16 heteroatoms. The van der Waals surface area contributed by atoms with E-state index in [0.29, 0.717) is 11.6 Å². The first-order valence-electron chi connectivity index (χ1n) is 12.8. The van der Waals surface area contributed by atoms with E-state index in [2.05, 4.69) is 5.32 Å². The molecule has 4 aromatic rings. The molecule has 0 bridgehead atoms. The van der Waals surface area contributed by atoms with Gasteiger partial charge in [-0.3, -0.25) is 14.4 Å². The smallest absolute Gasteiger partial charge is 0.310 e. The van der Waals surface area contributed by atoms with Crippen molar-refractivity contribution in [3.05, 3.63) is 83.3 Å². The third-order valence-electron chi connectivity index (χ3n) is 7.16. The van der Waals surface area contributed by atoms with Gasteiger partial charge in [0.2, 0.25) is 11.8 Å². The Morgan fingerprint density at radius 3 is 2.32 bits per heavy atom. The molecular weight excluding hydrogens is 641 g/mol. The Hall–Kier alpha value is -4.24. The molecule has 1 aliphatic heterocycles. The highest BCUT2D eigenvalue weighted by atomic mass is 35.5. The molecule has 1 aliphatic rings. The fourth-order valence-corrected chi connectivity index (χ4v) is 6.01. The highest BCUT2D eigenvalue weighted by Crippen LogP contribution is 3.02. The fraction of sp³-hybridized carbons (Fsp3) is 0.179. The van der Waals surface area contributed by atoms with E-state index in [0.717, 1.165) is 15.7 Å². The quantitative estimate of drug-likeness (QED) is 0.201. The Balaban J connectivity index is 1.43. The number of hydrogen-bond donors (Lipinski definition) is 2. The zero-order valence-corrected chi connectivity index (χ0v) is 23.8. The van der Waals surface area contributed by atoms with Crippen LogP contribution >= 0.6 is 21.8 Å². The molecule has 0 aliphatic carbocycles. The van der Waals surface area contributed by atoms with Crippen LogP contribution in [0.4, 0.5) is 33.9 Å². The summed E-state index contributed by atoms with van der Waals surface area (Å²) < 4.78 is 98.3. The van der Waals surface area contributed by atoms with Gasteiger partial charge in [0.05, 0.1) is 23.3 Å². The molecule has 3 N–H and O–H groups in total. The molecule has 44 heavy (non-hydrogen) atoms. The van der Waals surface area contributed by atoms with Crippen LogP contribution in [0.3, 0.4) is 0 Å². The first-order chi connectivity index (χ1) is 20.3. The predicted molar refractivity (Wildman–Crippen MR) is 152 cm³/mol. The van der Waals surface area contributed by atoms with Gasteiger partial charge in [-0.1, -0.05) is 67.4 Å². The zero-order valence-electron chi connectivity index (χ0n) is 22.3. The minimum Gasteiger partial charge on any atom is -0.366 e. The van der Waals surface area contributed by atoms with Gasteiger partial charge in [-0.15, -0.1) is 0 Å². The van der Waals surface area contributed by atoms with Crippen molar-refractivity contribution >= 4 is 56.1 Å². The van der Waals surface area contributed by atoms with Crippen LogP contribution in [0.25, 0.3) is 22.0 Å². The van der Waals surface area contributed by atoms with Gasteiger partial charge < -0.3 is 20.5 Å². The number of halogens is 8. The summed E-state index contributed by atoms with van der Waals surface area (Å²) in [6.45, 7) is -1.45. The number of primary amides is 1. The Kier molecular flexibility index (Phi) is 7.20. The molecule has 3 amide bonds. The Morgan fingerprint density at radius 1 is 0.977 bits per heavy atom. The standard InChI is InChI=1S/C28H22ClF7N4O3S/c29-21-6-2-1-4-17(21)19-5-3-7-22(26(19)31)38-28(43)24-10-15(30)12-40(24)25(41)14-39-13-20(27(37)42)18-9-8-16(11-23(18)39)44(32,33,34,35)36/h1-9,11,13,15,24H,10,12,14H2,(H2,37,42)(H,38,43)/t15-,24+/m1/s1. The maximum atomic E-state index is 15.4. The number of alkyl halides is 1. The molecule has 0 spiro atoms. The maximum Gasteiger partial charge on any atom is 0.310 e. The van der Waals surface area contributed by atoms with Crippen LogP contribution in [0.1, 0.15) is 16.8 Å². The van der Waals surface area contributed by atoms with Crippen LogP contribution in [0.2, 0.25) is 5.02 Å². The molecular formula is C28H22ClF7N4O3S. The lowest BCUT2D eigenvalue weighted by Gasteiger charge is -2.40. The Labute approximate surface area is 250 Å². The lowest BCUT2D eigenvalue weighted by molar-refractivity contribution is -0.137. The molecule has 1 aromatic heterocycles. The van der Waals surface area contributed by atoms with Gasteiger partial charge in [0.25, 0.3) is 5.91 Å². The van der Waals surface area contributed by atoms with E-state index < -0.39 is 75.9 Å². The van der Waals surface area contributed by atoms with Crippen molar-refractivity contribution < 1.29 is 42.6 Å². The second kappa shape index (κ2) is 10.2. The minimum atomic E-state index is -10.2. The van der Waals surface area contributed by atoms with E-state index in [1.807, 2.05) is 0 Å². The third kappa shape index (κ3) is 6.06. The highest BCUT2D eigenvalue weighted by molar-refractivity contribution is 8.45. The topological polar surface area (TPSA) is 97.4 Å². The van der Waals surface area contributed by atoms with Gasteiger partial charge in [0, 0.05) is 34.2 Å². The number of nitrogens with one attached hydrogen (secondary N) is 1. The van der Waals surface area contributed by atoms with Gasteiger partial charge >= 0.3 is 10.2 Å². The number of carbonyl (C=O) groups is 3. The molecule has 0 saturated carbocycles. The summed E-state index contributed by atoms with van der Waals surface area (Å²) >= 11 is 6.17. The maximum absolute atomic E-state index is 15.4. The number of nitrogens with two attached hydrogens (primary N) is 1. The number of carbonyl (C=O) groups excluding carboxylic acids is 3. The van der Waals surface area contributed by atoms with Crippen LogP contribution in [0, 0.1) is 5.82 Å². The van der Waals surface area contributed by atoms with Gasteiger partial charge in [-0.25, -0.2) is 8.78 Å². The van der Waals surface area contributed by atoms with Crippen molar-refractivity contribution in [3.63, 3.8) is 0 Å². The molecule has 5 rings (SSSR count). The summed E-state index contributed by atoms with van der Waals surface area (Å²) in [6.07, 6.45) is -1.25. The van der Waals surface area contributed by atoms with Crippen molar-refractivity contribution in [3.8, 4) is 11.1 Å². The number of benzene rings is 3. The number of aromatic nitrogens is 1. The molecule has 1 saturated heterocycles. The summed E-state index contributed by atoms with van der Waals surface area (Å²) in [5, 5.41) is 2.35. The largest absolute Gasteiger partial charge is 0.366 e. The number of rotatable bonds is 7. The third-order valence-corrected chi connectivity index (χ3v) is 8.64. The number of likely N-dealkylation sites (tertiary alicyclic amines) is 1. The van der Waals surface area contributed by atoms with Crippen LogP contribution in [-0.4, -0.2) is 45.9 Å². The first-order valence-corrected chi connectivity index (χ1v) is 15.1. The van der Waals surface area contributed by atoms with Crippen molar-refractivity contribution in [2.24, 2.45) is 5.73 Å². The Bertz CT molecular complexity index is 1850. The summed E-state index contributed by atoms with van der Waals surface area (Å²) in [7, 11) is -10.2. The average Bonchev–Trinajstić information content (AvgIpc) is 3.50. The molecule has 0 radical (unpaired) electrons. The molecule has 0 unspecified atom stereocenters. The predicted octanol–water partition coefficient (Wildman–Crippen LogP) is 7.43. The molecule has 7 nitrogen and oxygen atoms in total. The lowest BCUT2D eigenvalue weighted by Crippen LogP contribution is -2.44. The highest BCUT2D eigenvalue weighted by Gasteiger charge is 2.65. The zero-order chi connectivity index (χ0) is 32.3. The van der Waals surface area contributed by atoms with Crippen molar-refractivity contribution in [2.75, 3.05) is 11.9 Å². The molecule has 2 heterocycles. The summed E-state index contributed by atoms with van der Waals surface area (Å²) in [5.74, 6) is -3.89. The average molecular weight is 663 g/mol. The van der Waals surface area contributed by atoms with E-state index in [4.69, 9.17) is 17.3 Å². The van der Waals surface area contributed by atoms with E-state index in [-0.39, 0.29) is 39.4 Å². The fourth-order valence-electron chi connectivity index (χ4n) is 5.12. The lowest BCUT2D eigenvalue weighted by atomic mass is 10.0. The van der Waals surface area contributed by atoms with Crippen LogP contribution in [0.15, 0.2) is 71.8 Å². The molecule has 234 valence electrons. The second-order valence-electron chi connectivity index (χ2n) is 10.2. The number of nitrogens with zero attached hydrogens (tertiary/aromatic N) is 2. The van der Waals surface area contributed by atoms with Crippen molar-refractivity contribution in [2.45, 2.75) is 30.1 Å². The van der Waals surface area contributed by atoms with Gasteiger partial charge in [-0.2, -0.15) is 0 Å². The summed E-state index contributed by atoms with van der Waals surface area (Å²) in [6, 6.07) is 9.88. The number of fused-ring (bicyclic) bond motifs is 1. The van der Waals surface area contributed by atoms with E-state index in [9.17, 15) is 38.2 Å². The van der Waals surface area contributed by atoms with E-state index in [1.165, 1.54) is 18.2 Å². The normalized spacial score (nSPS) is 18.6. The van der Waals surface area contributed by atoms with Gasteiger partial charge in [0.15, 0.2) is 5.82 Å². The first kappa shape index (κ1) is 31.2. The van der Waals surface area contributed by atoms with Crippen molar-refractivity contribution in [1.29, 1.82) is 0 Å². The molecule has 1 fully saturated rings.